The summed E-state index contributed by atoms with van der Waals surface area (Å²) < 4.78 is 7.67. The second kappa shape index (κ2) is 10.4. The minimum absolute atomic E-state index is 0.0906. The molecule has 2 aliphatic heterocycles. The van der Waals surface area contributed by atoms with Gasteiger partial charge < -0.3 is 19.5 Å². The summed E-state index contributed by atoms with van der Waals surface area (Å²) in [5.74, 6) is 1.32. The topological polar surface area (TPSA) is 62.6 Å². The lowest BCUT2D eigenvalue weighted by Gasteiger charge is -2.33. The number of morpholine rings is 1. The van der Waals surface area contributed by atoms with Crippen LogP contribution in [0.5, 0.6) is 0 Å². The minimum atomic E-state index is 0.0906. The highest BCUT2D eigenvalue weighted by Crippen LogP contribution is 2.29. The molecule has 0 atom stereocenters. The Labute approximate surface area is 195 Å². The summed E-state index contributed by atoms with van der Waals surface area (Å²) in [6, 6.07) is 14.8. The molecule has 0 spiro atoms. The first-order valence-corrected chi connectivity index (χ1v) is 12.1. The fraction of sp³-hybridized carbons (Fsp3) is 0.462. The number of carbonyl (C=O) groups excluding carboxylic acids is 1. The summed E-state index contributed by atoms with van der Waals surface area (Å²) in [5, 5.41) is 4.33. The zero-order chi connectivity index (χ0) is 22.5. The van der Waals surface area contributed by atoms with Crippen LogP contribution in [0.3, 0.4) is 0 Å². The summed E-state index contributed by atoms with van der Waals surface area (Å²) in [5.41, 5.74) is 2.49. The highest BCUT2D eigenvalue weighted by Gasteiger charge is 2.26. The van der Waals surface area contributed by atoms with Gasteiger partial charge in [0.05, 0.1) is 18.7 Å². The van der Waals surface area contributed by atoms with Gasteiger partial charge in [-0.1, -0.05) is 30.3 Å². The zero-order valence-electron chi connectivity index (χ0n) is 19.2. The predicted molar refractivity (Wildman–Crippen MR) is 130 cm³/mol. The molecule has 7 heteroatoms. The molecule has 2 saturated heterocycles. The minimum Gasteiger partial charge on any atom is -0.379 e. The number of hydrogen-bond acceptors (Lipinski definition) is 5. The number of aromatic nitrogens is 2. The first-order valence-electron chi connectivity index (χ1n) is 12.1. The Bertz CT molecular complexity index is 1050. The fourth-order valence-corrected chi connectivity index (χ4v) is 4.94. The number of ether oxygens (including phenoxy) is 1. The van der Waals surface area contributed by atoms with Gasteiger partial charge in [0.15, 0.2) is 0 Å². The number of fused-ring (bicyclic) bond motifs is 1. The summed E-state index contributed by atoms with van der Waals surface area (Å²) in [7, 11) is 0. The molecule has 1 aromatic carbocycles. The average Bonchev–Trinajstić information content (AvgIpc) is 3.28. The van der Waals surface area contributed by atoms with Crippen molar-refractivity contribution >= 4 is 22.6 Å². The second-order valence-corrected chi connectivity index (χ2v) is 9.00. The summed E-state index contributed by atoms with van der Waals surface area (Å²) >= 11 is 0. The first kappa shape index (κ1) is 21.9. The van der Waals surface area contributed by atoms with Crippen LogP contribution in [0.2, 0.25) is 0 Å². The van der Waals surface area contributed by atoms with Gasteiger partial charge in [-0.3, -0.25) is 9.69 Å². The van der Waals surface area contributed by atoms with Gasteiger partial charge in [-0.15, -0.1) is 0 Å². The Hall–Kier alpha value is -2.90. The molecule has 0 aliphatic carbocycles. The molecule has 1 N–H and O–H groups in total. The number of carbonyl (C=O) groups is 1. The maximum absolute atomic E-state index is 12.7. The largest absolute Gasteiger partial charge is 0.379 e. The number of piperidine rings is 1. The second-order valence-electron chi connectivity index (χ2n) is 9.00. The van der Waals surface area contributed by atoms with Crippen LogP contribution in [0.4, 0.5) is 5.82 Å². The normalized spacial score (nSPS) is 18.0. The van der Waals surface area contributed by atoms with Crippen LogP contribution in [0.25, 0.3) is 10.9 Å². The maximum atomic E-state index is 12.7. The third-order valence-corrected chi connectivity index (χ3v) is 6.87. The molecule has 4 heterocycles. The lowest BCUT2D eigenvalue weighted by molar-refractivity contribution is -0.125. The molecule has 7 nitrogen and oxygen atoms in total. The van der Waals surface area contributed by atoms with Crippen molar-refractivity contribution in [2.75, 3.05) is 57.4 Å². The monoisotopic (exact) mass is 447 g/mol. The molecule has 174 valence electrons. The van der Waals surface area contributed by atoms with Crippen molar-refractivity contribution in [3.8, 4) is 0 Å². The van der Waals surface area contributed by atoms with Crippen LogP contribution in [0, 0.1) is 5.92 Å². The number of rotatable bonds is 7. The third kappa shape index (κ3) is 5.20. The number of benzene rings is 1. The molecular weight excluding hydrogens is 414 g/mol. The number of amides is 1. The summed E-state index contributed by atoms with van der Waals surface area (Å²) in [6.07, 6.45) is 5.79. The molecule has 33 heavy (non-hydrogen) atoms. The molecule has 2 aromatic heterocycles. The Morgan fingerprint density at radius 2 is 1.82 bits per heavy atom. The molecule has 2 fully saturated rings. The fourth-order valence-electron chi connectivity index (χ4n) is 4.94. The number of pyridine rings is 1. The maximum Gasteiger partial charge on any atom is 0.223 e. The van der Waals surface area contributed by atoms with Crippen LogP contribution in [-0.4, -0.2) is 72.8 Å². The number of nitrogens with zero attached hydrogens (tertiary/aromatic N) is 4. The molecule has 0 unspecified atom stereocenters. The van der Waals surface area contributed by atoms with E-state index in [1.165, 1.54) is 16.5 Å². The van der Waals surface area contributed by atoms with E-state index in [4.69, 9.17) is 9.72 Å². The van der Waals surface area contributed by atoms with Crippen molar-refractivity contribution in [3.05, 3.63) is 60.4 Å². The van der Waals surface area contributed by atoms with Gasteiger partial charge in [-0.05, 0) is 30.5 Å². The summed E-state index contributed by atoms with van der Waals surface area (Å²) in [4.78, 5) is 22.1. The van der Waals surface area contributed by atoms with Crippen LogP contribution >= 0.6 is 0 Å². The Morgan fingerprint density at radius 1 is 1.03 bits per heavy atom. The Morgan fingerprint density at radius 3 is 2.61 bits per heavy atom. The van der Waals surface area contributed by atoms with Gasteiger partial charge >= 0.3 is 0 Å². The van der Waals surface area contributed by atoms with E-state index in [2.05, 4.69) is 62.3 Å². The van der Waals surface area contributed by atoms with Crippen molar-refractivity contribution < 1.29 is 9.53 Å². The van der Waals surface area contributed by atoms with Gasteiger partial charge in [0.25, 0.3) is 0 Å². The van der Waals surface area contributed by atoms with E-state index in [1.807, 2.05) is 12.3 Å². The van der Waals surface area contributed by atoms with Gasteiger partial charge in [0.1, 0.15) is 5.82 Å². The summed E-state index contributed by atoms with van der Waals surface area (Å²) in [6.45, 7) is 7.69. The van der Waals surface area contributed by atoms with Crippen molar-refractivity contribution in [2.45, 2.75) is 19.4 Å². The molecule has 0 radical (unpaired) electrons. The quantitative estimate of drug-likeness (QED) is 0.604. The van der Waals surface area contributed by atoms with E-state index >= 15 is 0 Å². The molecule has 5 rings (SSSR count). The number of nitrogens with one attached hydrogen (secondary N) is 1. The molecule has 1 amide bonds. The lowest BCUT2D eigenvalue weighted by Crippen LogP contribution is -2.44. The van der Waals surface area contributed by atoms with Crippen molar-refractivity contribution in [3.63, 3.8) is 0 Å². The van der Waals surface area contributed by atoms with Crippen molar-refractivity contribution in [2.24, 2.45) is 5.92 Å². The van der Waals surface area contributed by atoms with Crippen LogP contribution < -0.4 is 10.2 Å². The predicted octanol–water partition coefficient (Wildman–Crippen LogP) is 2.75. The zero-order valence-corrected chi connectivity index (χ0v) is 19.2. The Balaban J connectivity index is 1.17. The molecular formula is C26H33N5O2. The lowest BCUT2D eigenvalue weighted by atomic mass is 9.95. The molecule has 0 bridgehead atoms. The smallest absolute Gasteiger partial charge is 0.223 e. The van der Waals surface area contributed by atoms with Gasteiger partial charge in [0.2, 0.25) is 5.91 Å². The highest BCUT2D eigenvalue weighted by molar-refractivity contribution is 5.91. The van der Waals surface area contributed by atoms with Crippen LogP contribution in [0.15, 0.2) is 54.9 Å². The molecule has 0 saturated carbocycles. The van der Waals surface area contributed by atoms with E-state index in [-0.39, 0.29) is 11.8 Å². The first-order chi connectivity index (χ1) is 16.3. The standard InChI is InChI=1S/C26H33N5O2/c32-26(28-11-15-29-16-18-33-19-17-29)22-7-12-30(13-8-22)25-23-9-14-31(24(23)6-10-27-25)20-21-4-2-1-3-5-21/h1-6,9-10,14,22H,7-8,11-13,15-20H2,(H,28,32). The highest BCUT2D eigenvalue weighted by atomic mass is 16.5. The molecule has 2 aliphatic rings. The van der Waals surface area contributed by atoms with E-state index in [0.717, 1.165) is 77.7 Å². The SMILES string of the molecule is O=C(NCCN1CCOCC1)C1CCN(c2nccc3c2ccn3Cc2ccccc2)CC1. The number of hydrogen-bond donors (Lipinski definition) is 1. The van der Waals surface area contributed by atoms with E-state index in [1.54, 1.807) is 0 Å². The van der Waals surface area contributed by atoms with Gasteiger partial charge in [-0.25, -0.2) is 4.98 Å². The molecule has 3 aromatic rings. The van der Waals surface area contributed by atoms with Crippen LogP contribution in [-0.2, 0) is 16.1 Å². The number of anilines is 1. The van der Waals surface area contributed by atoms with Crippen LogP contribution in [0.1, 0.15) is 18.4 Å². The Kier molecular flexibility index (Phi) is 6.88. The average molecular weight is 448 g/mol. The van der Waals surface area contributed by atoms with Crippen molar-refractivity contribution in [1.29, 1.82) is 0 Å². The third-order valence-electron chi connectivity index (χ3n) is 6.87. The van der Waals surface area contributed by atoms with E-state index in [0.29, 0.717) is 0 Å². The van der Waals surface area contributed by atoms with Gasteiger partial charge in [-0.2, -0.15) is 0 Å². The van der Waals surface area contributed by atoms with Gasteiger partial charge in [0, 0.05) is 69.5 Å². The van der Waals surface area contributed by atoms with E-state index in [9.17, 15) is 4.79 Å². The van der Waals surface area contributed by atoms with Crippen molar-refractivity contribution in [1.82, 2.24) is 19.8 Å². The van der Waals surface area contributed by atoms with E-state index < -0.39 is 0 Å².